The standard InChI is InChI=1S/C17H21N7O/c1-11-7-15(24(2)23-11)13-8-14-16(20-4-3-19-14)17(22-13)21-10-12-9-18-5-6-25-12/h3-4,7-8,12,18H,5-6,9-10H2,1-2H3,(H,21,22)/t12-/m0/s1. The lowest BCUT2D eigenvalue weighted by Crippen LogP contribution is -2.42. The molecule has 4 heterocycles. The van der Waals surface area contributed by atoms with Crippen molar-refractivity contribution < 1.29 is 4.74 Å². The molecule has 3 aromatic heterocycles. The molecule has 1 aliphatic rings. The molecule has 0 aromatic carbocycles. The summed E-state index contributed by atoms with van der Waals surface area (Å²) in [6.45, 7) is 5.10. The molecule has 0 aliphatic carbocycles. The molecule has 1 fully saturated rings. The SMILES string of the molecule is Cc1cc(-c2cc3nccnc3c(NC[C@@H]3CNCCO3)n2)n(C)n1. The van der Waals surface area contributed by atoms with Crippen LogP contribution in [0.5, 0.6) is 0 Å². The number of nitrogens with zero attached hydrogens (tertiary/aromatic N) is 5. The molecule has 25 heavy (non-hydrogen) atoms. The van der Waals surface area contributed by atoms with Crippen LogP contribution >= 0.6 is 0 Å². The number of nitrogens with one attached hydrogen (secondary N) is 2. The first kappa shape index (κ1) is 15.9. The van der Waals surface area contributed by atoms with E-state index in [1.165, 1.54) is 0 Å². The van der Waals surface area contributed by atoms with Gasteiger partial charge in [-0.3, -0.25) is 9.67 Å². The van der Waals surface area contributed by atoms with Crippen LogP contribution in [0.1, 0.15) is 5.69 Å². The highest BCUT2D eigenvalue weighted by Crippen LogP contribution is 2.25. The number of ether oxygens (including phenoxy) is 1. The number of rotatable bonds is 4. The van der Waals surface area contributed by atoms with E-state index >= 15 is 0 Å². The zero-order valence-corrected chi connectivity index (χ0v) is 14.4. The van der Waals surface area contributed by atoms with Crippen molar-refractivity contribution in [2.45, 2.75) is 13.0 Å². The lowest BCUT2D eigenvalue weighted by atomic mass is 10.2. The van der Waals surface area contributed by atoms with Gasteiger partial charge in [0.15, 0.2) is 5.82 Å². The molecule has 2 N–H and O–H groups in total. The third kappa shape index (κ3) is 3.31. The van der Waals surface area contributed by atoms with Gasteiger partial charge in [-0.2, -0.15) is 5.10 Å². The number of pyridine rings is 1. The number of aryl methyl sites for hydroxylation is 2. The number of fused-ring (bicyclic) bond motifs is 1. The van der Waals surface area contributed by atoms with E-state index in [1.807, 2.05) is 30.8 Å². The largest absolute Gasteiger partial charge is 0.374 e. The smallest absolute Gasteiger partial charge is 0.155 e. The average molecular weight is 339 g/mol. The van der Waals surface area contributed by atoms with Crippen LogP contribution in [0.4, 0.5) is 5.82 Å². The minimum atomic E-state index is 0.116. The van der Waals surface area contributed by atoms with Gasteiger partial charge in [0.2, 0.25) is 0 Å². The second-order valence-electron chi connectivity index (χ2n) is 6.15. The third-order valence-corrected chi connectivity index (χ3v) is 4.22. The van der Waals surface area contributed by atoms with Gasteiger partial charge in [-0.15, -0.1) is 0 Å². The highest BCUT2D eigenvalue weighted by Gasteiger charge is 2.16. The summed E-state index contributed by atoms with van der Waals surface area (Å²) in [4.78, 5) is 13.7. The summed E-state index contributed by atoms with van der Waals surface area (Å²) >= 11 is 0. The third-order valence-electron chi connectivity index (χ3n) is 4.22. The van der Waals surface area contributed by atoms with Gasteiger partial charge in [0.05, 0.1) is 35.3 Å². The summed E-state index contributed by atoms with van der Waals surface area (Å²) < 4.78 is 7.58. The maximum absolute atomic E-state index is 5.75. The van der Waals surface area contributed by atoms with Crippen molar-refractivity contribution in [2.75, 3.05) is 31.6 Å². The Bertz CT molecular complexity index is 886. The molecule has 0 saturated carbocycles. The first-order valence-electron chi connectivity index (χ1n) is 8.39. The molecule has 4 rings (SSSR count). The topological polar surface area (TPSA) is 89.8 Å². The molecule has 0 unspecified atom stereocenters. The molecule has 3 aromatic rings. The Morgan fingerprint density at radius 1 is 1.32 bits per heavy atom. The number of anilines is 1. The number of hydrogen-bond acceptors (Lipinski definition) is 7. The Morgan fingerprint density at radius 2 is 2.20 bits per heavy atom. The highest BCUT2D eigenvalue weighted by molar-refractivity contribution is 5.88. The maximum Gasteiger partial charge on any atom is 0.155 e. The molecule has 8 nitrogen and oxygen atoms in total. The van der Waals surface area contributed by atoms with E-state index in [4.69, 9.17) is 9.72 Å². The summed E-state index contributed by atoms with van der Waals surface area (Å²) in [5.41, 5.74) is 4.28. The van der Waals surface area contributed by atoms with Crippen LogP contribution in [0.3, 0.4) is 0 Å². The normalized spacial score (nSPS) is 17.8. The molecule has 1 atom stereocenters. The van der Waals surface area contributed by atoms with Gasteiger partial charge >= 0.3 is 0 Å². The van der Waals surface area contributed by atoms with Crippen LogP contribution in [-0.2, 0) is 11.8 Å². The zero-order valence-electron chi connectivity index (χ0n) is 14.4. The van der Waals surface area contributed by atoms with Gasteiger partial charge < -0.3 is 15.4 Å². The van der Waals surface area contributed by atoms with Gasteiger partial charge in [0, 0.05) is 39.1 Å². The molecule has 0 bridgehead atoms. The summed E-state index contributed by atoms with van der Waals surface area (Å²) in [5.74, 6) is 0.716. The molecule has 0 radical (unpaired) electrons. The second-order valence-corrected chi connectivity index (χ2v) is 6.15. The second kappa shape index (κ2) is 6.73. The summed E-state index contributed by atoms with van der Waals surface area (Å²) in [5, 5.41) is 11.1. The fraction of sp³-hybridized carbons (Fsp3) is 0.412. The van der Waals surface area contributed by atoms with Gasteiger partial charge in [0.1, 0.15) is 5.52 Å². The quantitative estimate of drug-likeness (QED) is 0.736. The molecule has 1 saturated heterocycles. The van der Waals surface area contributed by atoms with Crippen LogP contribution in [0.15, 0.2) is 24.5 Å². The Hall–Kier alpha value is -2.58. The lowest BCUT2D eigenvalue weighted by Gasteiger charge is -2.24. The Morgan fingerprint density at radius 3 is 2.96 bits per heavy atom. The van der Waals surface area contributed by atoms with Crippen LogP contribution in [-0.4, -0.2) is 57.1 Å². The van der Waals surface area contributed by atoms with Crippen LogP contribution in [0.2, 0.25) is 0 Å². The van der Waals surface area contributed by atoms with Crippen LogP contribution in [0.25, 0.3) is 22.4 Å². The minimum Gasteiger partial charge on any atom is -0.374 e. The Balaban J connectivity index is 1.69. The van der Waals surface area contributed by atoms with Crippen molar-refractivity contribution in [1.29, 1.82) is 0 Å². The maximum atomic E-state index is 5.75. The van der Waals surface area contributed by atoms with Crippen molar-refractivity contribution in [2.24, 2.45) is 7.05 Å². The summed E-state index contributed by atoms with van der Waals surface area (Å²) in [7, 11) is 1.92. The van der Waals surface area contributed by atoms with E-state index < -0.39 is 0 Å². The molecular weight excluding hydrogens is 318 g/mol. The first-order chi connectivity index (χ1) is 12.2. The van der Waals surface area contributed by atoms with Crippen LogP contribution < -0.4 is 10.6 Å². The van der Waals surface area contributed by atoms with Crippen molar-refractivity contribution in [3.63, 3.8) is 0 Å². The van der Waals surface area contributed by atoms with E-state index in [0.717, 1.165) is 47.8 Å². The fourth-order valence-electron chi connectivity index (χ4n) is 3.04. The highest BCUT2D eigenvalue weighted by atomic mass is 16.5. The summed E-state index contributed by atoms with van der Waals surface area (Å²) in [6.07, 6.45) is 3.49. The first-order valence-corrected chi connectivity index (χ1v) is 8.39. The zero-order chi connectivity index (χ0) is 17.2. The number of hydrogen-bond donors (Lipinski definition) is 2. The molecule has 0 spiro atoms. The van der Waals surface area contributed by atoms with Crippen LogP contribution in [0, 0.1) is 6.92 Å². The molecule has 130 valence electrons. The fourth-order valence-corrected chi connectivity index (χ4v) is 3.04. The monoisotopic (exact) mass is 339 g/mol. The van der Waals surface area contributed by atoms with Gasteiger partial charge in [-0.25, -0.2) is 9.97 Å². The van der Waals surface area contributed by atoms with E-state index in [1.54, 1.807) is 12.4 Å². The van der Waals surface area contributed by atoms with Gasteiger partial charge in [0.25, 0.3) is 0 Å². The van der Waals surface area contributed by atoms with Crippen molar-refractivity contribution in [1.82, 2.24) is 30.0 Å². The van der Waals surface area contributed by atoms with Gasteiger partial charge in [-0.05, 0) is 19.1 Å². The van der Waals surface area contributed by atoms with Crippen molar-refractivity contribution >= 4 is 16.9 Å². The molecule has 1 aliphatic heterocycles. The predicted octanol–water partition coefficient (Wildman–Crippen LogP) is 1.13. The summed E-state index contributed by atoms with van der Waals surface area (Å²) in [6, 6.07) is 3.96. The molecule has 8 heteroatoms. The Kier molecular flexibility index (Phi) is 4.29. The number of morpholine rings is 1. The Labute approximate surface area is 145 Å². The number of aromatic nitrogens is 5. The van der Waals surface area contributed by atoms with Crippen molar-refractivity contribution in [3.05, 3.63) is 30.2 Å². The van der Waals surface area contributed by atoms with Crippen molar-refractivity contribution in [3.8, 4) is 11.4 Å². The minimum absolute atomic E-state index is 0.116. The predicted molar refractivity (Wildman–Crippen MR) is 95.4 cm³/mol. The lowest BCUT2D eigenvalue weighted by molar-refractivity contribution is 0.0372. The molecule has 0 amide bonds. The van der Waals surface area contributed by atoms with E-state index in [2.05, 4.69) is 25.7 Å². The van der Waals surface area contributed by atoms with Gasteiger partial charge in [-0.1, -0.05) is 0 Å². The van der Waals surface area contributed by atoms with E-state index in [0.29, 0.717) is 12.4 Å². The van der Waals surface area contributed by atoms with E-state index in [-0.39, 0.29) is 6.10 Å². The van der Waals surface area contributed by atoms with E-state index in [9.17, 15) is 0 Å². The molecular formula is C17H21N7O. The average Bonchev–Trinajstić information content (AvgIpc) is 2.98.